The predicted octanol–water partition coefficient (Wildman–Crippen LogP) is 2.43. The van der Waals surface area contributed by atoms with Crippen molar-refractivity contribution in [3.05, 3.63) is 52.5 Å². The van der Waals surface area contributed by atoms with Crippen molar-refractivity contribution in [1.29, 1.82) is 0 Å². The Morgan fingerprint density at radius 3 is 2.54 bits per heavy atom. The molecule has 0 radical (unpaired) electrons. The summed E-state index contributed by atoms with van der Waals surface area (Å²) in [6.45, 7) is 5.10. The molecule has 2 aromatic rings. The summed E-state index contributed by atoms with van der Waals surface area (Å²) in [6.07, 6.45) is 0. The first-order valence-electron chi connectivity index (χ1n) is 8.59. The van der Waals surface area contributed by atoms with Crippen molar-refractivity contribution in [2.24, 2.45) is 0 Å². The van der Waals surface area contributed by atoms with Crippen molar-refractivity contribution in [3.63, 3.8) is 0 Å². The fraction of sp³-hybridized carbons (Fsp3) is 0.316. The van der Waals surface area contributed by atoms with Crippen LogP contribution in [0.1, 0.15) is 6.92 Å². The first-order valence-corrected chi connectivity index (χ1v) is 9.35. The fourth-order valence-corrected chi connectivity index (χ4v) is 3.57. The number of phenolic OH excluding ortho intramolecular Hbond substituents is 1. The Labute approximate surface area is 163 Å². The van der Waals surface area contributed by atoms with Crippen LogP contribution in [0.15, 0.2) is 42.5 Å². The summed E-state index contributed by atoms with van der Waals surface area (Å²) in [5.74, 6) is 0.206. The second-order valence-corrected chi connectivity index (χ2v) is 7.23. The lowest BCUT2D eigenvalue weighted by Crippen LogP contribution is -3.19. The van der Waals surface area contributed by atoms with E-state index in [1.54, 1.807) is 24.3 Å². The third kappa shape index (κ3) is 4.06. The first kappa shape index (κ1) is 18.8. The van der Waals surface area contributed by atoms with Crippen molar-refractivity contribution < 1.29 is 14.8 Å². The number of hydrogen-bond donors (Lipinski definition) is 3. The Kier molecular flexibility index (Phi) is 5.91. The predicted molar refractivity (Wildman–Crippen MR) is 106 cm³/mol. The summed E-state index contributed by atoms with van der Waals surface area (Å²) in [6, 6.07) is 12.3. The van der Waals surface area contributed by atoms with Crippen LogP contribution in [0.25, 0.3) is 0 Å². The molecule has 0 saturated carbocycles. The molecule has 1 saturated heterocycles. The van der Waals surface area contributed by atoms with Gasteiger partial charge in [-0.3, -0.25) is 4.79 Å². The molecule has 0 aromatic heterocycles. The van der Waals surface area contributed by atoms with E-state index in [0.717, 1.165) is 31.9 Å². The largest absolute Gasteiger partial charge is 0.506 e. The molecule has 7 heteroatoms. The summed E-state index contributed by atoms with van der Waals surface area (Å²) in [7, 11) is 0. The minimum Gasteiger partial charge on any atom is -0.506 e. The second kappa shape index (κ2) is 8.16. The van der Waals surface area contributed by atoms with E-state index in [0.29, 0.717) is 15.7 Å². The van der Waals surface area contributed by atoms with Crippen molar-refractivity contribution >= 4 is 40.5 Å². The lowest BCUT2D eigenvalue weighted by Gasteiger charge is -2.36. The average molecular weight is 395 g/mol. The van der Waals surface area contributed by atoms with Gasteiger partial charge in [-0.05, 0) is 31.2 Å². The summed E-state index contributed by atoms with van der Waals surface area (Å²) in [4.78, 5) is 15.9. The van der Waals surface area contributed by atoms with E-state index in [9.17, 15) is 9.90 Å². The van der Waals surface area contributed by atoms with Crippen LogP contribution in [-0.2, 0) is 4.79 Å². The van der Waals surface area contributed by atoms with Crippen LogP contribution in [-0.4, -0.2) is 43.2 Å². The van der Waals surface area contributed by atoms with Gasteiger partial charge in [-0.25, -0.2) is 0 Å². The normalized spacial score (nSPS) is 16.3. The van der Waals surface area contributed by atoms with Crippen LogP contribution >= 0.6 is 23.2 Å². The minimum absolute atomic E-state index is 0.0832. The summed E-state index contributed by atoms with van der Waals surface area (Å²) in [5.41, 5.74) is 1.37. The van der Waals surface area contributed by atoms with Gasteiger partial charge in [-0.2, -0.15) is 0 Å². The van der Waals surface area contributed by atoms with E-state index in [1.165, 1.54) is 4.90 Å². The van der Waals surface area contributed by atoms with Gasteiger partial charge >= 0.3 is 0 Å². The molecule has 1 aliphatic heterocycles. The van der Waals surface area contributed by atoms with Gasteiger partial charge in [0, 0.05) is 0 Å². The number of anilines is 2. The standard InChI is InChI=1S/C19H21Cl2N3O2/c1-13(19(26)22-15-6-4-5-14(20)18(15)21)23-9-11-24(12-10-23)16-7-2-3-8-17(16)25/h2-8,13,25H,9-12H2,1H3,(H,22,26)/p+1/t13-/m0/s1. The Balaban J connectivity index is 1.59. The number of amides is 1. The van der Waals surface area contributed by atoms with Gasteiger partial charge in [-0.15, -0.1) is 0 Å². The number of phenols is 1. The Morgan fingerprint density at radius 1 is 1.15 bits per heavy atom. The lowest BCUT2D eigenvalue weighted by atomic mass is 10.2. The number of aromatic hydroxyl groups is 1. The number of carbonyl (C=O) groups is 1. The zero-order valence-electron chi connectivity index (χ0n) is 14.5. The van der Waals surface area contributed by atoms with Crippen molar-refractivity contribution in [1.82, 2.24) is 0 Å². The minimum atomic E-state index is -0.212. The third-order valence-electron chi connectivity index (χ3n) is 4.84. The zero-order chi connectivity index (χ0) is 18.7. The van der Waals surface area contributed by atoms with E-state index in [2.05, 4.69) is 10.2 Å². The van der Waals surface area contributed by atoms with Crippen LogP contribution in [0.3, 0.4) is 0 Å². The molecule has 5 nitrogen and oxygen atoms in total. The Bertz CT molecular complexity index is 792. The van der Waals surface area contributed by atoms with Gasteiger partial charge < -0.3 is 20.2 Å². The molecular formula is C19H22Cl2N3O2+. The maximum Gasteiger partial charge on any atom is 0.282 e. The highest BCUT2D eigenvalue weighted by Crippen LogP contribution is 2.29. The summed E-state index contributed by atoms with van der Waals surface area (Å²) in [5, 5.41) is 13.6. The molecule has 3 rings (SSSR count). The van der Waals surface area contributed by atoms with E-state index < -0.39 is 0 Å². The number of para-hydroxylation sites is 2. The molecule has 1 fully saturated rings. The lowest BCUT2D eigenvalue weighted by molar-refractivity contribution is -0.914. The van der Waals surface area contributed by atoms with Crippen molar-refractivity contribution in [2.75, 3.05) is 36.4 Å². The molecule has 3 N–H and O–H groups in total. The van der Waals surface area contributed by atoms with E-state index in [4.69, 9.17) is 23.2 Å². The van der Waals surface area contributed by atoms with Gasteiger partial charge in [0.05, 0.1) is 47.6 Å². The molecule has 1 atom stereocenters. The fourth-order valence-electron chi connectivity index (χ4n) is 3.23. The van der Waals surface area contributed by atoms with Crippen LogP contribution in [0.4, 0.5) is 11.4 Å². The molecule has 1 aliphatic rings. The van der Waals surface area contributed by atoms with Gasteiger partial charge in [0.25, 0.3) is 5.91 Å². The molecular weight excluding hydrogens is 373 g/mol. The molecule has 2 aromatic carbocycles. The van der Waals surface area contributed by atoms with Gasteiger partial charge in [-0.1, -0.05) is 41.4 Å². The highest BCUT2D eigenvalue weighted by atomic mass is 35.5. The highest BCUT2D eigenvalue weighted by molar-refractivity contribution is 6.44. The number of nitrogens with one attached hydrogen (secondary N) is 2. The highest BCUT2D eigenvalue weighted by Gasteiger charge is 2.30. The topological polar surface area (TPSA) is 57.0 Å². The number of carbonyl (C=O) groups excluding carboxylic acids is 1. The summed E-state index contributed by atoms with van der Waals surface area (Å²) < 4.78 is 0. The van der Waals surface area contributed by atoms with Gasteiger partial charge in [0.15, 0.2) is 6.04 Å². The number of benzene rings is 2. The van der Waals surface area contributed by atoms with Gasteiger partial charge in [0.2, 0.25) is 0 Å². The maximum atomic E-state index is 12.6. The van der Waals surface area contributed by atoms with E-state index >= 15 is 0 Å². The van der Waals surface area contributed by atoms with E-state index in [-0.39, 0.29) is 17.7 Å². The van der Waals surface area contributed by atoms with Crippen LogP contribution in [0.2, 0.25) is 10.0 Å². The summed E-state index contributed by atoms with van der Waals surface area (Å²) >= 11 is 12.1. The van der Waals surface area contributed by atoms with Crippen LogP contribution in [0.5, 0.6) is 5.75 Å². The molecule has 0 unspecified atom stereocenters. The molecule has 1 amide bonds. The number of piperazine rings is 1. The maximum absolute atomic E-state index is 12.6. The van der Waals surface area contributed by atoms with E-state index in [1.807, 2.05) is 25.1 Å². The molecule has 0 aliphatic carbocycles. The number of rotatable bonds is 4. The second-order valence-electron chi connectivity index (χ2n) is 6.45. The Morgan fingerprint density at radius 2 is 1.85 bits per heavy atom. The molecule has 0 spiro atoms. The number of nitrogens with zero attached hydrogens (tertiary/aromatic N) is 1. The van der Waals surface area contributed by atoms with Crippen LogP contribution < -0.4 is 15.1 Å². The van der Waals surface area contributed by atoms with Gasteiger partial charge in [0.1, 0.15) is 5.75 Å². The number of quaternary nitrogens is 1. The molecule has 26 heavy (non-hydrogen) atoms. The Hall–Kier alpha value is -1.95. The molecule has 1 heterocycles. The quantitative estimate of drug-likeness (QED) is 0.746. The number of hydrogen-bond acceptors (Lipinski definition) is 3. The molecule has 138 valence electrons. The average Bonchev–Trinajstić information content (AvgIpc) is 2.65. The first-order chi connectivity index (χ1) is 12.5. The van der Waals surface area contributed by atoms with Crippen molar-refractivity contribution in [3.8, 4) is 5.75 Å². The zero-order valence-corrected chi connectivity index (χ0v) is 16.0. The third-order valence-corrected chi connectivity index (χ3v) is 5.66. The molecule has 0 bridgehead atoms. The number of halogens is 2. The monoisotopic (exact) mass is 394 g/mol. The van der Waals surface area contributed by atoms with Crippen LogP contribution in [0, 0.1) is 0 Å². The SMILES string of the molecule is C[C@@H](C(=O)Nc1cccc(Cl)c1Cl)[NH+]1CCN(c2ccccc2O)CC1. The smallest absolute Gasteiger partial charge is 0.282 e. The van der Waals surface area contributed by atoms with Crippen molar-refractivity contribution in [2.45, 2.75) is 13.0 Å².